The Labute approximate surface area is 218 Å². The van der Waals surface area contributed by atoms with E-state index in [1.165, 1.54) is 12.1 Å². The van der Waals surface area contributed by atoms with Crippen LogP contribution in [0.4, 0.5) is 8.78 Å². The number of benzene rings is 2. The van der Waals surface area contributed by atoms with Gasteiger partial charge in [-0.25, -0.2) is 8.78 Å². The second-order valence-electron chi connectivity index (χ2n) is 9.31. The van der Waals surface area contributed by atoms with Crippen molar-refractivity contribution in [2.75, 3.05) is 7.11 Å². The number of carbonyl (C=O) groups is 1. The maximum Gasteiger partial charge on any atom is 0.225 e. The third kappa shape index (κ3) is 5.59. The first-order valence-electron chi connectivity index (χ1n) is 12.3. The number of hydrogen-bond acceptors (Lipinski definition) is 4. The van der Waals surface area contributed by atoms with Crippen LogP contribution in [0.2, 0.25) is 0 Å². The Morgan fingerprint density at radius 1 is 1.21 bits per heavy atom. The number of nitrogens with zero attached hydrogens (tertiary/aromatic N) is 1. The molecule has 0 radical (unpaired) electrons. The number of pyridine rings is 1. The van der Waals surface area contributed by atoms with Gasteiger partial charge in [0.05, 0.1) is 25.3 Å². The number of phenolic OH excluding ortho intramolecular Hbond substituents is 1. The SMILES string of the molecule is COC1=CCC(c2cccnc2[C@H](Cc2cc(F)cc(F)c2)NC(=O)Cc2c[nH]c3ccc(O)cc23)C=C1. The third-order valence-corrected chi connectivity index (χ3v) is 6.70. The second-order valence-corrected chi connectivity index (χ2v) is 9.31. The van der Waals surface area contributed by atoms with Crippen molar-refractivity contribution in [2.24, 2.45) is 0 Å². The van der Waals surface area contributed by atoms with Crippen LogP contribution in [0.5, 0.6) is 5.75 Å². The minimum Gasteiger partial charge on any atom is -0.508 e. The van der Waals surface area contributed by atoms with E-state index in [4.69, 9.17) is 4.74 Å². The van der Waals surface area contributed by atoms with E-state index in [-0.39, 0.29) is 30.4 Å². The highest BCUT2D eigenvalue weighted by Gasteiger charge is 2.25. The van der Waals surface area contributed by atoms with Gasteiger partial charge < -0.3 is 20.1 Å². The van der Waals surface area contributed by atoms with Crippen LogP contribution in [0.25, 0.3) is 10.9 Å². The van der Waals surface area contributed by atoms with Gasteiger partial charge >= 0.3 is 0 Å². The molecule has 2 aromatic carbocycles. The predicted molar refractivity (Wildman–Crippen MR) is 140 cm³/mol. The molecule has 2 aromatic heterocycles. The second kappa shape index (κ2) is 10.9. The van der Waals surface area contributed by atoms with E-state index >= 15 is 0 Å². The average Bonchev–Trinajstić information content (AvgIpc) is 3.29. The van der Waals surface area contributed by atoms with E-state index in [1.54, 1.807) is 37.7 Å². The van der Waals surface area contributed by atoms with Crippen molar-refractivity contribution in [3.05, 3.63) is 119 Å². The van der Waals surface area contributed by atoms with Gasteiger partial charge in [-0.05, 0) is 78.1 Å². The molecule has 3 N–H and O–H groups in total. The molecule has 4 aromatic rings. The van der Waals surface area contributed by atoms with Gasteiger partial charge in [0.15, 0.2) is 0 Å². The topological polar surface area (TPSA) is 87.2 Å². The van der Waals surface area contributed by atoms with Crippen LogP contribution in [-0.2, 0) is 22.4 Å². The van der Waals surface area contributed by atoms with Crippen LogP contribution >= 0.6 is 0 Å². The number of aromatic hydroxyl groups is 1. The zero-order valence-corrected chi connectivity index (χ0v) is 20.7. The number of halogens is 2. The van der Waals surface area contributed by atoms with Crippen molar-refractivity contribution in [3.8, 4) is 5.75 Å². The first-order chi connectivity index (χ1) is 18.4. The summed E-state index contributed by atoms with van der Waals surface area (Å²) in [6.45, 7) is 0. The Morgan fingerprint density at radius 2 is 2.03 bits per heavy atom. The lowest BCUT2D eigenvalue weighted by Gasteiger charge is -2.25. The van der Waals surface area contributed by atoms with Crippen LogP contribution in [0.3, 0.4) is 0 Å². The molecule has 1 unspecified atom stereocenters. The van der Waals surface area contributed by atoms with Crippen LogP contribution in [0.1, 0.15) is 40.8 Å². The van der Waals surface area contributed by atoms with Crippen molar-refractivity contribution in [1.82, 2.24) is 15.3 Å². The molecule has 2 heterocycles. The molecule has 5 rings (SSSR count). The number of hydrogen-bond donors (Lipinski definition) is 3. The fraction of sp³-hybridized carbons (Fsp3) is 0.200. The summed E-state index contributed by atoms with van der Waals surface area (Å²) < 4.78 is 33.4. The van der Waals surface area contributed by atoms with Crippen LogP contribution in [-0.4, -0.2) is 28.1 Å². The lowest BCUT2D eigenvalue weighted by molar-refractivity contribution is -0.121. The molecule has 0 aliphatic heterocycles. The number of nitrogens with one attached hydrogen (secondary N) is 2. The van der Waals surface area contributed by atoms with Crippen LogP contribution in [0.15, 0.2) is 84.9 Å². The number of aromatic amines is 1. The van der Waals surface area contributed by atoms with Gasteiger partial charge in [0.2, 0.25) is 5.91 Å². The number of aromatic nitrogens is 2. The van der Waals surface area contributed by atoms with Gasteiger partial charge in [0.1, 0.15) is 23.1 Å². The van der Waals surface area contributed by atoms with Gasteiger partial charge in [-0.2, -0.15) is 0 Å². The minimum atomic E-state index is -0.683. The summed E-state index contributed by atoms with van der Waals surface area (Å²) in [5.41, 5.74) is 3.47. The molecule has 1 aliphatic rings. The van der Waals surface area contributed by atoms with E-state index in [0.717, 1.165) is 33.9 Å². The van der Waals surface area contributed by atoms with E-state index < -0.39 is 17.7 Å². The molecule has 1 amide bonds. The molecule has 0 spiro atoms. The normalized spacial score (nSPS) is 15.8. The number of ether oxygens (including phenoxy) is 1. The Hall–Kier alpha value is -4.46. The predicted octanol–water partition coefficient (Wildman–Crippen LogP) is 5.76. The summed E-state index contributed by atoms with van der Waals surface area (Å²) in [6, 6.07) is 11.4. The zero-order valence-electron chi connectivity index (χ0n) is 20.7. The van der Waals surface area contributed by atoms with E-state index in [9.17, 15) is 18.7 Å². The average molecular weight is 516 g/mol. The number of phenols is 1. The van der Waals surface area contributed by atoms with Gasteiger partial charge in [-0.15, -0.1) is 0 Å². The molecule has 0 saturated heterocycles. The summed E-state index contributed by atoms with van der Waals surface area (Å²) >= 11 is 0. The standard InChI is InChI=1S/C30H27F2N3O3/c1-38-24-7-4-19(5-8-24)25-3-2-10-33-30(25)28(13-18-11-21(31)15-22(32)12-18)35-29(37)14-20-17-34-27-9-6-23(36)16-26(20)27/h2-4,6-12,15-17,19,28,34,36H,5,13-14H2,1H3,(H,35,37)/t19?,28-/m0/s1. The maximum absolute atomic E-state index is 14.0. The highest BCUT2D eigenvalue weighted by molar-refractivity contribution is 5.89. The molecule has 1 aliphatic carbocycles. The van der Waals surface area contributed by atoms with Crippen molar-refractivity contribution in [3.63, 3.8) is 0 Å². The number of carbonyl (C=O) groups excluding carboxylic acids is 1. The lowest BCUT2D eigenvalue weighted by Crippen LogP contribution is -2.32. The summed E-state index contributed by atoms with van der Waals surface area (Å²) in [6.07, 6.45) is 10.2. The quantitative estimate of drug-likeness (QED) is 0.278. The minimum absolute atomic E-state index is 0.00200. The number of methoxy groups -OCH3 is 1. The van der Waals surface area contributed by atoms with E-state index in [2.05, 4.69) is 15.3 Å². The smallest absolute Gasteiger partial charge is 0.225 e. The third-order valence-electron chi connectivity index (χ3n) is 6.70. The van der Waals surface area contributed by atoms with Gasteiger partial charge in [0.25, 0.3) is 0 Å². The van der Waals surface area contributed by atoms with Gasteiger partial charge in [0, 0.05) is 35.3 Å². The Kier molecular flexibility index (Phi) is 7.22. The van der Waals surface area contributed by atoms with Crippen LogP contribution in [0, 0.1) is 11.6 Å². The number of H-pyrrole nitrogens is 1. The van der Waals surface area contributed by atoms with Gasteiger partial charge in [-0.1, -0.05) is 12.1 Å². The molecular formula is C30H27F2N3O3. The summed E-state index contributed by atoms with van der Waals surface area (Å²) in [5, 5.41) is 13.7. The van der Waals surface area contributed by atoms with E-state index in [1.807, 2.05) is 30.4 Å². The highest BCUT2D eigenvalue weighted by Crippen LogP contribution is 2.32. The first-order valence-corrected chi connectivity index (χ1v) is 12.3. The molecular weight excluding hydrogens is 488 g/mol. The van der Waals surface area contributed by atoms with Gasteiger partial charge in [-0.3, -0.25) is 9.78 Å². The molecule has 8 heteroatoms. The molecule has 0 bridgehead atoms. The fourth-order valence-corrected chi connectivity index (χ4v) is 4.93. The van der Waals surface area contributed by atoms with Crippen molar-refractivity contribution in [1.29, 1.82) is 0 Å². The maximum atomic E-state index is 14.0. The van der Waals surface area contributed by atoms with Crippen molar-refractivity contribution < 1.29 is 23.4 Å². The lowest BCUT2D eigenvalue weighted by atomic mass is 9.87. The molecule has 2 atom stereocenters. The highest BCUT2D eigenvalue weighted by atomic mass is 19.1. The zero-order chi connectivity index (χ0) is 26.6. The first kappa shape index (κ1) is 25.2. The Morgan fingerprint density at radius 3 is 2.76 bits per heavy atom. The number of amides is 1. The summed E-state index contributed by atoms with van der Waals surface area (Å²) in [7, 11) is 1.62. The number of allylic oxidation sites excluding steroid dienone is 3. The molecule has 0 saturated carbocycles. The largest absolute Gasteiger partial charge is 0.508 e. The summed E-state index contributed by atoms with van der Waals surface area (Å²) in [4.78, 5) is 21.0. The van der Waals surface area contributed by atoms with Crippen molar-refractivity contribution in [2.45, 2.75) is 31.2 Å². The molecule has 38 heavy (non-hydrogen) atoms. The molecule has 194 valence electrons. The number of rotatable bonds is 8. The monoisotopic (exact) mass is 515 g/mol. The molecule has 6 nitrogen and oxygen atoms in total. The Bertz CT molecular complexity index is 1520. The number of fused-ring (bicyclic) bond motifs is 1. The summed E-state index contributed by atoms with van der Waals surface area (Å²) in [5.74, 6) is -0.772. The van der Waals surface area contributed by atoms with Crippen LogP contribution < -0.4 is 5.32 Å². The van der Waals surface area contributed by atoms with Crippen molar-refractivity contribution >= 4 is 16.8 Å². The molecule has 0 fully saturated rings. The van der Waals surface area contributed by atoms with E-state index in [0.29, 0.717) is 17.7 Å². The fourth-order valence-electron chi connectivity index (χ4n) is 4.93. The Balaban J connectivity index is 1.46.